The number of ether oxygens (including phenoxy) is 2. The molecule has 0 bridgehead atoms. The fraction of sp³-hybridized carbons (Fsp3) is 0.938. The normalized spacial score (nSPS) is 11.1. The molecule has 0 saturated heterocycles. The quantitative estimate of drug-likeness (QED) is 0.0877. The maximum atomic E-state index is 11.7. The summed E-state index contributed by atoms with van der Waals surface area (Å²) in [6, 6.07) is 0. The summed E-state index contributed by atoms with van der Waals surface area (Å²) in [7, 11) is 0. The molecule has 0 aliphatic carbocycles. The summed E-state index contributed by atoms with van der Waals surface area (Å²) in [5.41, 5.74) is 0. The molecule has 6 heteroatoms. The molecular formula is C32H64N2O4. The van der Waals surface area contributed by atoms with Gasteiger partial charge < -0.3 is 20.1 Å². The second-order valence-corrected chi connectivity index (χ2v) is 10.8. The van der Waals surface area contributed by atoms with Crippen LogP contribution in [0.5, 0.6) is 0 Å². The molecule has 0 aromatic heterocycles. The van der Waals surface area contributed by atoms with Crippen LogP contribution < -0.4 is 10.6 Å². The lowest BCUT2D eigenvalue weighted by molar-refractivity contribution is -0.123. The molecule has 2 N–H and O–H groups in total. The second kappa shape index (κ2) is 32.1. The van der Waals surface area contributed by atoms with Crippen molar-refractivity contribution in [1.29, 1.82) is 0 Å². The van der Waals surface area contributed by atoms with E-state index in [4.69, 9.17) is 9.47 Å². The van der Waals surface area contributed by atoms with Gasteiger partial charge >= 0.3 is 0 Å². The van der Waals surface area contributed by atoms with Gasteiger partial charge in [-0.2, -0.15) is 0 Å². The van der Waals surface area contributed by atoms with Gasteiger partial charge in [0, 0.05) is 39.1 Å². The number of amides is 2. The minimum Gasteiger partial charge on any atom is -0.381 e. The van der Waals surface area contributed by atoms with E-state index in [-0.39, 0.29) is 11.8 Å². The summed E-state index contributed by atoms with van der Waals surface area (Å²) in [6.07, 6.45) is 26.2. The third kappa shape index (κ3) is 31.1. The van der Waals surface area contributed by atoms with Crippen molar-refractivity contribution in [2.24, 2.45) is 0 Å². The van der Waals surface area contributed by atoms with Crippen molar-refractivity contribution in [3.63, 3.8) is 0 Å². The zero-order valence-corrected chi connectivity index (χ0v) is 25.4. The summed E-state index contributed by atoms with van der Waals surface area (Å²) >= 11 is 0. The molecule has 2 amide bonds. The molecule has 0 radical (unpaired) electrons. The topological polar surface area (TPSA) is 76.7 Å². The Balaban J connectivity index is 3.15. The van der Waals surface area contributed by atoms with E-state index < -0.39 is 0 Å². The number of hydrogen-bond donors (Lipinski definition) is 2. The number of unbranched alkanes of at least 4 members (excludes halogenated alkanes) is 17. The van der Waals surface area contributed by atoms with Gasteiger partial charge in [0.25, 0.3) is 0 Å². The lowest BCUT2D eigenvalue weighted by Crippen LogP contribution is -2.25. The Hall–Kier alpha value is -1.14. The number of carbonyl (C=O) groups excluding carboxylic acids is 2. The molecule has 0 fully saturated rings. The van der Waals surface area contributed by atoms with E-state index >= 15 is 0 Å². The van der Waals surface area contributed by atoms with Gasteiger partial charge in [-0.05, 0) is 25.7 Å². The van der Waals surface area contributed by atoms with Crippen molar-refractivity contribution >= 4 is 11.8 Å². The smallest absolute Gasteiger partial charge is 0.222 e. The lowest BCUT2D eigenvalue weighted by Gasteiger charge is -2.06. The Bertz CT molecular complexity index is 458. The minimum absolute atomic E-state index is 0.124. The molecule has 0 spiro atoms. The fourth-order valence-corrected chi connectivity index (χ4v) is 4.38. The maximum Gasteiger partial charge on any atom is 0.222 e. The SMILES string of the molecule is CCCCOCCC(=O)NCCCCCCCCCCCCCCCCCCNC(=O)CCOCCCC. The van der Waals surface area contributed by atoms with Crippen LogP contribution in [0.1, 0.15) is 155 Å². The van der Waals surface area contributed by atoms with Crippen LogP contribution in [0.2, 0.25) is 0 Å². The number of rotatable bonds is 31. The summed E-state index contributed by atoms with van der Waals surface area (Å²) < 4.78 is 10.9. The minimum atomic E-state index is 0.124. The van der Waals surface area contributed by atoms with Gasteiger partial charge in [0.05, 0.1) is 13.2 Å². The average molecular weight is 541 g/mol. The van der Waals surface area contributed by atoms with E-state index in [1.807, 2.05) is 0 Å². The monoisotopic (exact) mass is 540 g/mol. The van der Waals surface area contributed by atoms with Crippen molar-refractivity contribution in [3.8, 4) is 0 Å². The molecular weight excluding hydrogens is 476 g/mol. The van der Waals surface area contributed by atoms with Crippen molar-refractivity contribution in [2.45, 2.75) is 155 Å². The molecule has 226 valence electrons. The first kappa shape index (κ1) is 36.9. The summed E-state index contributed by atoms with van der Waals surface area (Å²) in [4.78, 5) is 23.4. The number of nitrogens with one attached hydrogen (secondary N) is 2. The summed E-state index contributed by atoms with van der Waals surface area (Å²) in [6.45, 7) is 8.53. The van der Waals surface area contributed by atoms with Crippen molar-refractivity contribution in [3.05, 3.63) is 0 Å². The molecule has 6 nitrogen and oxygen atoms in total. The second-order valence-electron chi connectivity index (χ2n) is 10.8. The molecule has 0 heterocycles. The molecule has 0 aromatic carbocycles. The van der Waals surface area contributed by atoms with Gasteiger partial charge in [0.1, 0.15) is 0 Å². The van der Waals surface area contributed by atoms with Crippen LogP contribution in [0.3, 0.4) is 0 Å². The van der Waals surface area contributed by atoms with E-state index in [1.165, 1.54) is 89.9 Å². The fourth-order valence-electron chi connectivity index (χ4n) is 4.38. The standard InChI is InChI=1S/C32H64N2O4/c1-3-5-27-37-29-23-31(35)33-25-21-19-17-15-13-11-9-7-8-10-12-14-16-18-20-22-26-34-32(36)24-30-38-28-6-4-2/h3-30H2,1-2H3,(H,33,35)(H,34,36). The van der Waals surface area contributed by atoms with Gasteiger partial charge in [0.2, 0.25) is 11.8 Å². The third-order valence-electron chi connectivity index (χ3n) is 6.98. The van der Waals surface area contributed by atoms with E-state index in [9.17, 15) is 9.59 Å². The Morgan fingerprint density at radius 3 is 1.00 bits per heavy atom. The van der Waals surface area contributed by atoms with Gasteiger partial charge in [-0.1, -0.05) is 117 Å². The van der Waals surface area contributed by atoms with Crippen LogP contribution in [0.15, 0.2) is 0 Å². The zero-order chi connectivity index (χ0) is 27.8. The molecule has 0 aliphatic heterocycles. The summed E-state index contributed by atoms with van der Waals surface area (Å²) in [5.74, 6) is 0.248. The van der Waals surface area contributed by atoms with Crippen LogP contribution in [0, 0.1) is 0 Å². The van der Waals surface area contributed by atoms with E-state index in [1.54, 1.807) is 0 Å². The van der Waals surface area contributed by atoms with Gasteiger partial charge in [0.15, 0.2) is 0 Å². The molecule has 0 atom stereocenters. The first-order valence-corrected chi connectivity index (χ1v) is 16.4. The molecule has 0 rings (SSSR count). The van der Waals surface area contributed by atoms with Crippen LogP contribution >= 0.6 is 0 Å². The van der Waals surface area contributed by atoms with Crippen LogP contribution in [-0.2, 0) is 19.1 Å². The number of hydrogen-bond acceptors (Lipinski definition) is 4. The molecule has 0 aliphatic rings. The van der Waals surface area contributed by atoms with Crippen LogP contribution in [0.25, 0.3) is 0 Å². The highest BCUT2D eigenvalue weighted by atomic mass is 16.5. The molecule has 0 saturated carbocycles. The third-order valence-corrected chi connectivity index (χ3v) is 6.98. The van der Waals surface area contributed by atoms with Crippen molar-refractivity contribution < 1.29 is 19.1 Å². The Morgan fingerprint density at radius 2 is 0.711 bits per heavy atom. The predicted molar refractivity (Wildman–Crippen MR) is 161 cm³/mol. The largest absolute Gasteiger partial charge is 0.381 e. The summed E-state index contributed by atoms with van der Waals surface area (Å²) in [5, 5.41) is 6.01. The van der Waals surface area contributed by atoms with Gasteiger partial charge in [-0.25, -0.2) is 0 Å². The average Bonchev–Trinajstić information content (AvgIpc) is 2.91. The Labute approximate surface area is 236 Å². The highest BCUT2D eigenvalue weighted by molar-refractivity contribution is 5.76. The van der Waals surface area contributed by atoms with E-state index in [2.05, 4.69) is 24.5 Å². The van der Waals surface area contributed by atoms with Crippen LogP contribution in [0.4, 0.5) is 0 Å². The maximum absolute atomic E-state index is 11.7. The zero-order valence-electron chi connectivity index (χ0n) is 25.4. The first-order chi connectivity index (χ1) is 18.7. The number of carbonyl (C=O) groups is 2. The highest BCUT2D eigenvalue weighted by Crippen LogP contribution is 2.13. The lowest BCUT2D eigenvalue weighted by atomic mass is 10.0. The molecule has 0 aromatic rings. The van der Waals surface area contributed by atoms with Gasteiger partial charge in [-0.3, -0.25) is 9.59 Å². The Morgan fingerprint density at radius 1 is 0.421 bits per heavy atom. The van der Waals surface area contributed by atoms with Crippen LogP contribution in [-0.4, -0.2) is 51.3 Å². The predicted octanol–water partition coefficient (Wildman–Crippen LogP) is 7.87. The van der Waals surface area contributed by atoms with Crippen molar-refractivity contribution in [1.82, 2.24) is 10.6 Å². The Kier molecular flexibility index (Phi) is 31.1. The molecule has 38 heavy (non-hydrogen) atoms. The first-order valence-electron chi connectivity index (χ1n) is 16.4. The van der Waals surface area contributed by atoms with E-state index in [0.29, 0.717) is 26.1 Å². The van der Waals surface area contributed by atoms with Gasteiger partial charge in [-0.15, -0.1) is 0 Å². The molecule has 0 unspecified atom stereocenters. The van der Waals surface area contributed by atoms with Crippen molar-refractivity contribution in [2.75, 3.05) is 39.5 Å². The van der Waals surface area contributed by atoms with E-state index in [0.717, 1.165) is 64.8 Å². The highest BCUT2D eigenvalue weighted by Gasteiger charge is 2.02.